The molecule has 1 atom stereocenters. The molecule has 2 rings (SSSR count). The Morgan fingerprint density at radius 3 is 2.63 bits per heavy atom. The van der Waals surface area contributed by atoms with Crippen LogP contribution in [-0.2, 0) is 14.3 Å². The number of benzene rings is 1. The molecule has 0 fully saturated rings. The quantitative estimate of drug-likeness (QED) is 0.697. The predicted molar refractivity (Wildman–Crippen MR) is 88.1 cm³/mol. The van der Waals surface area contributed by atoms with Crippen LogP contribution in [0.5, 0.6) is 5.75 Å². The summed E-state index contributed by atoms with van der Waals surface area (Å²) in [5, 5.41) is 4.91. The van der Waals surface area contributed by atoms with Crippen molar-refractivity contribution < 1.29 is 37.4 Å². The van der Waals surface area contributed by atoms with E-state index in [4.69, 9.17) is 9.47 Å². The van der Waals surface area contributed by atoms with Gasteiger partial charge in [0, 0.05) is 0 Å². The summed E-state index contributed by atoms with van der Waals surface area (Å²) in [6.45, 7) is -0.0955. The van der Waals surface area contributed by atoms with Gasteiger partial charge in [-0.3, -0.25) is 0 Å². The molecule has 27 heavy (non-hydrogen) atoms. The van der Waals surface area contributed by atoms with Crippen molar-refractivity contribution in [3.05, 3.63) is 41.1 Å². The molecule has 146 valence electrons. The monoisotopic (exact) mass is 384 g/mol. The molecule has 1 aromatic carbocycles. The molecule has 1 aliphatic rings. The van der Waals surface area contributed by atoms with Crippen molar-refractivity contribution in [1.82, 2.24) is 10.6 Å². The lowest BCUT2D eigenvalue weighted by Crippen LogP contribution is -2.50. The lowest BCUT2D eigenvalue weighted by molar-refractivity contribution is -0.139. The van der Waals surface area contributed by atoms with Crippen molar-refractivity contribution in [2.45, 2.75) is 26.5 Å². The van der Waals surface area contributed by atoms with E-state index in [0.29, 0.717) is 0 Å². The van der Waals surface area contributed by atoms with Crippen LogP contribution >= 0.6 is 0 Å². The first-order valence-corrected chi connectivity index (χ1v) is 8.01. The molecule has 1 heterocycles. The largest absolute Gasteiger partial charge is 0.463 e. The minimum Gasteiger partial charge on any atom is -0.463 e. The van der Waals surface area contributed by atoms with Gasteiger partial charge in [0.05, 0.1) is 29.5 Å². The summed E-state index contributed by atoms with van der Waals surface area (Å²) in [6, 6.07) is 3.86. The Labute approximate surface area is 153 Å². The molecule has 10 heteroatoms. The third-order valence-electron chi connectivity index (χ3n) is 3.51. The van der Waals surface area contributed by atoms with Crippen molar-refractivity contribution in [1.29, 1.82) is 0 Å². The normalized spacial score (nSPS) is 16.5. The number of amides is 2. The Morgan fingerprint density at radius 2 is 1.96 bits per heavy atom. The van der Waals surface area contributed by atoms with Crippen LogP contribution in [0.1, 0.15) is 24.2 Å². The number of alkyl halides is 2. The van der Waals surface area contributed by atoms with Gasteiger partial charge in [0.15, 0.2) is 0 Å². The average molecular weight is 384 g/mol. The summed E-state index contributed by atoms with van der Waals surface area (Å²) in [4.78, 5) is 35.9. The number of hydrogen-bond donors (Lipinski definition) is 2. The van der Waals surface area contributed by atoms with Gasteiger partial charge in [-0.25, -0.2) is 14.4 Å². The van der Waals surface area contributed by atoms with Gasteiger partial charge in [0.25, 0.3) is 0 Å². The van der Waals surface area contributed by atoms with Gasteiger partial charge < -0.3 is 24.8 Å². The van der Waals surface area contributed by atoms with Crippen molar-refractivity contribution in [2.24, 2.45) is 0 Å². The second kappa shape index (κ2) is 8.97. The predicted octanol–water partition coefficient (Wildman–Crippen LogP) is 1.96. The van der Waals surface area contributed by atoms with Crippen LogP contribution in [0.3, 0.4) is 0 Å². The van der Waals surface area contributed by atoms with E-state index in [2.05, 4.69) is 15.4 Å². The van der Waals surface area contributed by atoms with E-state index in [0.717, 1.165) is 6.07 Å². The Bertz CT molecular complexity index is 766. The third kappa shape index (κ3) is 5.40. The maximum atomic E-state index is 12.3. The van der Waals surface area contributed by atoms with E-state index in [1.54, 1.807) is 13.8 Å². The van der Waals surface area contributed by atoms with E-state index in [1.807, 2.05) is 0 Å². The minimum absolute atomic E-state index is 0.0280. The summed E-state index contributed by atoms with van der Waals surface area (Å²) in [6.07, 6.45) is 0. The summed E-state index contributed by atoms with van der Waals surface area (Å²) in [7, 11) is 0. The third-order valence-corrected chi connectivity index (χ3v) is 3.51. The highest BCUT2D eigenvalue weighted by Gasteiger charge is 2.30. The summed E-state index contributed by atoms with van der Waals surface area (Å²) >= 11 is 0. The standard InChI is InChI=1S/C17H18F2N2O6/c1-3-25-15(23)13-9(2)20-17(24)21-12(13)8-26-14(22)10-5-4-6-11(7-10)27-16(18)19/h4-7,9,16H,3,8H2,1-2H3,(H2,20,21,24)/t9-/m1/s1. The molecule has 0 spiro atoms. The number of carbonyl (C=O) groups excluding carboxylic acids is 3. The Kier molecular flexibility index (Phi) is 6.69. The van der Waals surface area contributed by atoms with E-state index < -0.39 is 37.2 Å². The Balaban J connectivity index is 2.14. The van der Waals surface area contributed by atoms with Gasteiger partial charge >= 0.3 is 24.6 Å². The van der Waals surface area contributed by atoms with Crippen molar-refractivity contribution >= 4 is 18.0 Å². The lowest BCUT2D eigenvalue weighted by Gasteiger charge is -2.26. The maximum Gasteiger partial charge on any atom is 0.387 e. The molecule has 8 nitrogen and oxygen atoms in total. The first-order chi connectivity index (χ1) is 12.8. The zero-order valence-corrected chi connectivity index (χ0v) is 14.6. The molecule has 0 radical (unpaired) electrons. The van der Waals surface area contributed by atoms with Gasteiger partial charge in [-0.1, -0.05) is 6.07 Å². The topological polar surface area (TPSA) is 103 Å². The van der Waals surface area contributed by atoms with E-state index in [1.165, 1.54) is 18.2 Å². The Morgan fingerprint density at radius 1 is 1.22 bits per heavy atom. The van der Waals surface area contributed by atoms with Crippen LogP contribution in [0.2, 0.25) is 0 Å². The number of nitrogens with one attached hydrogen (secondary N) is 2. The highest BCUT2D eigenvalue weighted by atomic mass is 19.3. The number of halogens is 2. The fourth-order valence-corrected chi connectivity index (χ4v) is 2.41. The van der Waals surface area contributed by atoms with Crippen LogP contribution in [0.25, 0.3) is 0 Å². The minimum atomic E-state index is -3.03. The highest BCUT2D eigenvalue weighted by Crippen LogP contribution is 2.18. The molecule has 2 amide bonds. The lowest BCUT2D eigenvalue weighted by atomic mass is 10.0. The second-order valence-electron chi connectivity index (χ2n) is 5.42. The Hall–Kier alpha value is -3.17. The van der Waals surface area contributed by atoms with Crippen molar-refractivity contribution in [2.75, 3.05) is 13.2 Å². The van der Waals surface area contributed by atoms with E-state index in [9.17, 15) is 23.2 Å². The van der Waals surface area contributed by atoms with E-state index >= 15 is 0 Å². The SMILES string of the molecule is CCOC(=O)C1=C(COC(=O)c2cccc(OC(F)F)c2)NC(=O)N[C@@H]1C. The van der Waals surface area contributed by atoms with Gasteiger partial charge in [0.1, 0.15) is 12.4 Å². The maximum absolute atomic E-state index is 12.3. The molecule has 0 saturated carbocycles. The fourth-order valence-electron chi connectivity index (χ4n) is 2.41. The number of hydrogen-bond acceptors (Lipinski definition) is 6. The van der Waals surface area contributed by atoms with Crippen LogP contribution in [0.15, 0.2) is 35.5 Å². The summed E-state index contributed by atoms with van der Waals surface area (Å²) in [5.74, 6) is -1.70. The molecule has 0 saturated heterocycles. The first-order valence-electron chi connectivity index (χ1n) is 8.01. The van der Waals surface area contributed by atoms with E-state index in [-0.39, 0.29) is 29.2 Å². The van der Waals surface area contributed by atoms with Crippen LogP contribution in [0, 0.1) is 0 Å². The molecular weight excluding hydrogens is 366 g/mol. The first kappa shape index (κ1) is 20.1. The number of urea groups is 1. The van der Waals surface area contributed by atoms with Gasteiger partial charge in [-0.05, 0) is 32.0 Å². The number of rotatable bonds is 7. The average Bonchev–Trinajstić information content (AvgIpc) is 2.58. The van der Waals surface area contributed by atoms with Crippen LogP contribution < -0.4 is 15.4 Å². The van der Waals surface area contributed by atoms with Crippen molar-refractivity contribution in [3.63, 3.8) is 0 Å². The molecule has 0 bridgehead atoms. The van der Waals surface area contributed by atoms with Gasteiger partial charge in [-0.15, -0.1) is 0 Å². The molecule has 0 unspecified atom stereocenters. The summed E-state index contributed by atoms with van der Waals surface area (Å²) < 4.78 is 38.8. The van der Waals surface area contributed by atoms with Gasteiger partial charge in [-0.2, -0.15) is 8.78 Å². The molecule has 1 aliphatic heterocycles. The van der Waals surface area contributed by atoms with Crippen molar-refractivity contribution in [3.8, 4) is 5.75 Å². The number of carbonyl (C=O) groups is 3. The molecule has 0 aliphatic carbocycles. The summed E-state index contributed by atoms with van der Waals surface area (Å²) in [5.41, 5.74) is 0.178. The number of esters is 2. The zero-order chi connectivity index (χ0) is 20.0. The highest BCUT2D eigenvalue weighted by molar-refractivity contribution is 5.95. The molecule has 2 N–H and O–H groups in total. The number of ether oxygens (including phenoxy) is 3. The molecule has 0 aromatic heterocycles. The van der Waals surface area contributed by atoms with Gasteiger partial charge in [0.2, 0.25) is 0 Å². The van der Waals surface area contributed by atoms with Crippen LogP contribution in [-0.4, -0.2) is 43.8 Å². The second-order valence-corrected chi connectivity index (χ2v) is 5.42. The fraction of sp³-hybridized carbons (Fsp3) is 0.353. The zero-order valence-electron chi connectivity index (χ0n) is 14.6. The molecular formula is C17H18F2N2O6. The molecule has 1 aromatic rings. The van der Waals surface area contributed by atoms with Crippen LogP contribution in [0.4, 0.5) is 13.6 Å². The smallest absolute Gasteiger partial charge is 0.387 e.